The van der Waals surface area contributed by atoms with E-state index in [1.807, 2.05) is 60.7 Å². The molecule has 0 fully saturated rings. The molecule has 3 aromatic heterocycles. The van der Waals surface area contributed by atoms with Gasteiger partial charge in [0, 0.05) is 46.2 Å². The van der Waals surface area contributed by atoms with Crippen molar-refractivity contribution in [3.8, 4) is 11.1 Å². The molecule has 0 bridgehead atoms. The van der Waals surface area contributed by atoms with Crippen LogP contribution in [0.4, 0.5) is 17.5 Å². The summed E-state index contributed by atoms with van der Waals surface area (Å²) in [6, 6.07) is 19.8. The van der Waals surface area contributed by atoms with Gasteiger partial charge in [-0.3, -0.25) is 9.97 Å². The molecule has 0 radical (unpaired) electrons. The van der Waals surface area contributed by atoms with Crippen molar-refractivity contribution in [1.82, 2.24) is 19.9 Å². The van der Waals surface area contributed by atoms with E-state index in [-0.39, 0.29) is 0 Å². The number of fused-ring (bicyclic) bond motifs is 2. The molecule has 0 aliphatic heterocycles. The molecular formula is C22H16N6. The molecule has 0 saturated carbocycles. The van der Waals surface area contributed by atoms with Gasteiger partial charge < -0.3 is 11.1 Å². The van der Waals surface area contributed by atoms with Crippen molar-refractivity contribution in [1.29, 1.82) is 0 Å². The van der Waals surface area contributed by atoms with Crippen molar-refractivity contribution in [3.05, 3.63) is 79.3 Å². The number of aromatic nitrogens is 4. The predicted molar refractivity (Wildman–Crippen MR) is 112 cm³/mol. The van der Waals surface area contributed by atoms with E-state index in [9.17, 15) is 0 Å². The average Bonchev–Trinajstić information content (AvgIpc) is 2.73. The van der Waals surface area contributed by atoms with Gasteiger partial charge in [0.2, 0.25) is 5.95 Å². The maximum Gasteiger partial charge on any atom is 0.229 e. The summed E-state index contributed by atoms with van der Waals surface area (Å²) in [5, 5.41) is 5.29. The summed E-state index contributed by atoms with van der Waals surface area (Å²) < 4.78 is 0. The van der Waals surface area contributed by atoms with E-state index in [2.05, 4.69) is 25.3 Å². The summed E-state index contributed by atoms with van der Waals surface area (Å²) in [5.41, 5.74) is 10.6. The van der Waals surface area contributed by atoms with Gasteiger partial charge in [-0.2, -0.15) is 4.98 Å². The zero-order valence-electron chi connectivity index (χ0n) is 14.9. The molecule has 134 valence electrons. The third kappa shape index (κ3) is 2.97. The van der Waals surface area contributed by atoms with Gasteiger partial charge in [0.1, 0.15) is 5.82 Å². The van der Waals surface area contributed by atoms with Crippen molar-refractivity contribution in [3.63, 3.8) is 0 Å². The second kappa shape index (κ2) is 6.59. The van der Waals surface area contributed by atoms with Gasteiger partial charge in [-0.1, -0.05) is 24.3 Å². The maximum absolute atomic E-state index is 6.21. The number of nitrogens with two attached hydrogens (primary N) is 1. The molecule has 0 spiro atoms. The Bertz CT molecular complexity index is 1310. The van der Waals surface area contributed by atoms with Crippen molar-refractivity contribution in [2.24, 2.45) is 0 Å². The SMILES string of the molecule is Nc1nc(Nc2ccc3ncccc3c2)ncc1-c1cnc2ccccc2c1. The number of hydrogen-bond acceptors (Lipinski definition) is 6. The minimum atomic E-state index is 0.400. The van der Waals surface area contributed by atoms with Crippen LogP contribution >= 0.6 is 0 Å². The van der Waals surface area contributed by atoms with Gasteiger partial charge in [0.15, 0.2) is 0 Å². The number of pyridine rings is 2. The first-order valence-corrected chi connectivity index (χ1v) is 8.86. The molecule has 0 saturated heterocycles. The lowest BCUT2D eigenvalue weighted by molar-refractivity contribution is 1.17. The number of para-hydroxylation sites is 1. The highest BCUT2D eigenvalue weighted by molar-refractivity contribution is 5.86. The second-order valence-electron chi connectivity index (χ2n) is 6.45. The second-order valence-corrected chi connectivity index (χ2v) is 6.45. The smallest absolute Gasteiger partial charge is 0.229 e. The molecule has 2 aromatic carbocycles. The Kier molecular flexibility index (Phi) is 3.80. The van der Waals surface area contributed by atoms with E-state index in [0.29, 0.717) is 11.8 Å². The molecule has 0 amide bonds. The largest absolute Gasteiger partial charge is 0.383 e. The lowest BCUT2D eigenvalue weighted by atomic mass is 10.1. The Morgan fingerprint density at radius 1 is 0.750 bits per heavy atom. The first-order chi connectivity index (χ1) is 13.8. The number of hydrogen-bond donors (Lipinski definition) is 2. The number of nitrogen functional groups attached to an aromatic ring is 1. The lowest BCUT2D eigenvalue weighted by Crippen LogP contribution is -2.02. The summed E-state index contributed by atoms with van der Waals surface area (Å²) in [6.45, 7) is 0. The fourth-order valence-corrected chi connectivity index (χ4v) is 3.18. The number of anilines is 3. The highest BCUT2D eigenvalue weighted by atomic mass is 15.1. The Balaban J connectivity index is 1.46. The van der Waals surface area contributed by atoms with Crippen LogP contribution in [0.3, 0.4) is 0 Å². The molecule has 0 unspecified atom stereocenters. The van der Waals surface area contributed by atoms with Crippen LogP contribution in [0.5, 0.6) is 0 Å². The van der Waals surface area contributed by atoms with E-state index in [0.717, 1.165) is 38.6 Å². The third-order valence-corrected chi connectivity index (χ3v) is 4.58. The van der Waals surface area contributed by atoms with E-state index in [4.69, 9.17) is 5.73 Å². The Labute approximate surface area is 161 Å². The summed E-state index contributed by atoms with van der Waals surface area (Å²) in [6.07, 6.45) is 5.29. The Morgan fingerprint density at radius 3 is 2.50 bits per heavy atom. The highest BCUT2D eigenvalue weighted by Crippen LogP contribution is 2.27. The number of nitrogens with one attached hydrogen (secondary N) is 1. The van der Waals surface area contributed by atoms with Gasteiger partial charge in [0.05, 0.1) is 11.0 Å². The highest BCUT2D eigenvalue weighted by Gasteiger charge is 2.09. The Hall–Kier alpha value is -4.06. The minimum absolute atomic E-state index is 0.400. The molecule has 6 nitrogen and oxygen atoms in total. The van der Waals surface area contributed by atoms with Crippen molar-refractivity contribution in [2.75, 3.05) is 11.1 Å². The van der Waals surface area contributed by atoms with E-state index in [1.54, 1.807) is 18.6 Å². The molecule has 0 aliphatic carbocycles. The van der Waals surface area contributed by atoms with Crippen LogP contribution < -0.4 is 11.1 Å². The van der Waals surface area contributed by atoms with Crippen molar-refractivity contribution < 1.29 is 0 Å². The quantitative estimate of drug-likeness (QED) is 0.487. The molecule has 3 N–H and O–H groups in total. The van der Waals surface area contributed by atoms with Gasteiger partial charge in [-0.25, -0.2) is 4.98 Å². The van der Waals surface area contributed by atoms with E-state index < -0.39 is 0 Å². The van der Waals surface area contributed by atoms with Gasteiger partial charge in [0.25, 0.3) is 0 Å². The molecule has 6 heteroatoms. The molecule has 0 aliphatic rings. The van der Waals surface area contributed by atoms with E-state index >= 15 is 0 Å². The standard InChI is InChI=1S/C22H16N6/c23-21-18(16-10-14-4-1-2-6-19(14)25-12-16)13-26-22(28-21)27-17-7-8-20-15(11-17)5-3-9-24-20/h1-13H,(H3,23,26,27,28). The molecule has 3 heterocycles. The maximum atomic E-state index is 6.21. The normalized spacial score (nSPS) is 11.0. The van der Waals surface area contributed by atoms with Gasteiger partial charge >= 0.3 is 0 Å². The third-order valence-electron chi connectivity index (χ3n) is 4.58. The fraction of sp³-hybridized carbons (Fsp3) is 0. The molecule has 5 aromatic rings. The summed E-state index contributed by atoms with van der Waals surface area (Å²) >= 11 is 0. The van der Waals surface area contributed by atoms with Crippen LogP contribution in [0, 0.1) is 0 Å². The summed E-state index contributed by atoms with van der Waals surface area (Å²) in [4.78, 5) is 17.7. The number of benzene rings is 2. The zero-order chi connectivity index (χ0) is 18.9. The van der Waals surface area contributed by atoms with Crippen LogP contribution in [0.1, 0.15) is 0 Å². The molecular weight excluding hydrogens is 348 g/mol. The van der Waals surface area contributed by atoms with Crippen molar-refractivity contribution in [2.45, 2.75) is 0 Å². The van der Waals surface area contributed by atoms with Gasteiger partial charge in [-0.15, -0.1) is 0 Å². The summed E-state index contributed by atoms with van der Waals surface area (Å²) in [7, 11) is 0. The fourth-order valence-electron chi connectivity index (χ4n) is 3.18. The van der Waals surface area contributed by atoms with Crippen LogP contribution in [0.15, 0.2) is 79.3 Å². The van der Waals surface area contributed by atoms with Crippen LogP contribution in [0.2, 0.25) is 0 Å². The first kappa shape index (κ1) is 16.1. The van der Waals surface area contributed by atoms with Crippen molar-refractivity contribution >= 4 is 39.3 Å². The Morgan fingerprint density at radius 2 is 1.57 bits per heavy atom. The van der Waals surface area contributed by atoms with Crippen LogP contribution in [0.25, 0.3) is 32.9 Å². The number of rotatable bonds is 3. The van der Waals surface area contributed by atoms with Gasteiger partial charge in [-0.05, 0) is 36.4 Å². The molecule has 5 rings (SSSR count). The lowest BCUT2D eigenvalue weighted by Gasteiger charge is -2.09. The monoisotopic (exact) mass is 364 g/mol. The predicted octanol–water partition coefficient (Wildman–Crippen LogP) is 4.57. The first-order valence-electron chi connectivity index (χ1n) is 8.86. The average molecular weight is 364 g/mol. The molecule has 0 atom stereocenters. The minimum Gasteiger partial charge on any atom is -0.383 e. The molecule has 28 heavy (non-hydrogen) atoms. The van der Waals surface area contributed by atoms with E-state index in [1.165, 1.54) is 0 Å². The number of nitrogens with zero attached hydrogens (tertiary/aromatic N) is 4. The zero-order valence-corrected chi connectivity index (χ0v) is 14.9. The topological polar surface area (TPSA) is 89.6 Å². The van der Waals surface area contributed by atoms with Crippen LogP contribution in [-0.4, -0.2) is 19.9 Å². The van der Waals surface area contributed by atoms with Crippen LogP contribution in [-0.2, 0) is 0 Å². The summed E-state index contributed by atoms with van der Waals surface area (Å²) in [5.74, 6) is 0.843.